The predicted octanol–water partition coefficient (Wildman–Crippen LogP) is 3.20. The molecule has 0 radical (unpaired) electrons. The third-order valence-corrected chi connectivity index (χ3v) is 4.40. The first-order chi connectivity index (χ1) is 10.1. The molecule has 1 aromatic rings. The van der Waals surface area contributed by atoms with E-state index in [1.54, 1.807) is 7.11 Å². The first-order valence-corrected chi connectivity index (χ1v) is 8.13. The maximum atomic E-state index is 5.62. The topological polar surface area (TPSA) is 30.5 Å². The molecule has 0 aromatic heterocycles. The number of ether oxygens (including phenoxy) is 2. The molecule has 1 aromatic carbocycles. The van der Waals surface area contributed by atoms with E-state index < -0.39 is 0 Å². The lowest BCUT2D eigenvalue weighted by Gasteiger charge is -2.31. The van der Waals surface area contributed by atoms with Crippen LogP contribution >= 0.6 is 0 Å². The molecule has 0 bridgehead atoms. The smallest absolute Gasteiger partial charge is 0.119 e. The minimum absolute atomic E-state index is 0.433. The van der Waals surface area contributed by atoms with Gasteiger partial charge in [0.1, 0.15) is 5.75 Å². The molecule has 0 spiro atoms. The van der Waals surface area contributed by atoms with E-state index in [0.717, 1.165) is 31.8 Å². The molecule has 1 aliphatic rings. The highest BCUT2D eigenvalue weighted by atomic mass is 16.5. The van der Waals surface area contributed by atoms with Crippen molar-refractivity contribution in [2.24, 2.45) is 5.92 Å². The normalized spacial score (nSPS) is 19.4. The molecule has 1 aliphatic carbocycles. The van der Waals surface area contributed by atoms with Crippen molar-refractivity contribution in [3.8, 4) is 5.75 Å². The van der Waals surface area contributed by atoms with E-state index in [1.807, 2.05) is 0 Å². The Morgan fingerprint density at radius 3 is 2.76 bits per heavy atom. The Hall–Kier alpha value is -1.06. The summed E-state index contributed by atoms with van der Waals surface area (Å²) in [7, 11) is 1.73. The van der Waals surface area contributed by atoms with Gasteiger partial charge in [0, 0.05) is 18.7 Å². The molecule has 0 saturated heterocycles. The maximum Gasteiger partial charge on any atom is 0.119 e. The third-order valence-electron chi connectivity index (χ3n) is 4.40. The molecule has 0 saturated carbocycles. The molecular formula is C18H29NO2. The second kappa shape index (κ2) is 7.81. The number of aryl methyl sites for hydroxylation is 1. The highest BCUT2D eigenvalue weighted by Crippen LogP contribution is 2.26. The van der Waals surface area contributed by atoms with Gasteiger partial charge in [0.05, 0.1) is 13.7 Å². The minimum atomic E-state index is 0.433. The van der Waals surface area contributed by atoms with Crippen LogP contribution < -0.4 is 10.1 Å². The van der Waals surface area contributed by atoms with Gasteiger partial charge in [-0.05, 0) is 55.4 Å². The van der Waals surface area contributed by atoms with Crippen molar-refractivity contribution in [2.75, 3.05) is 20.3 Å². The van der Waals surface area contributed by atoms with E-state index in [1.165, 1.54) is 17.5 Å². The fraction of sp³-hybridized carbons (Fsp3) is 0.667. The van der Waals surface area contributed by atoms with Crippen molar-refractivity contribution in [3.05, 3.63) is 29.3 Å². The molecule has 1 N–H and O–H groups in total. The molecule has 3 heteroatoms. The highest BCUT2D eigenvalue weighted by Gasteiger charge is 2.23. The molecule has 118 valence electrons. The summed E-state index contributed by atoms with van der Waals surface area (Å²) >= 11 is 0. The zero-order valence-corrected chi connectivity index (χ0v) is 13.8. The SMILES string of the molecule is CCOCC(NC1CCc2ccc(OC)cc2C1)C(C)C. The zero-order valence-electron chi connectivity index (χ0n) is 13.8. The van der Waals surface area contributed by atoms with Crippen LogP contribution in [0.25, 0.3) is 0 Å². The third kappa shape index (κ3) is 4.45. The van der Waals surface area contributed by atoms with Crippen molar-refractivity contribution < 1.29 is 9.47 Å². The first-order valence-electron chi connectivity index (χ1n) is 8.13. The van der Waals surface area contributed by atoms with E-state index in [-0.39, 0.29) is 0 Å². The van der Waals surface area contributed by atoms with Crippen molar-refractivity contribution in [1.82, 2.24) is 5.32 Å². The van der Waals surface area contributed by atoms with Gasteiger partial charge in [-0.2, -0.15) is 0 Å². The van der Waals surface area contributed by atoms with Crippen molar-refractivity contribution in [3.63, 3.8) is 0 Å². The van der Waals surface area contributed by atoms with Gasteiger partial charge in [-0.1, -0.05) is 19.9 Å². The summed E-state index contributed by atoms with van der Waals surface area (Å²) in [5, 5.41) is 3.80. The van der Waals surface area contributed by atoms with E-state index in [4.69, 9.17) is 9.47 Å². The monoisotopic (exact) mass is 291 g/mol. The number of nitrogens with one attached hydrogen (secondary N) is 1. The summed E-state index contributed by atoms with van der Waals surface area (Å²) in [6, 6.07) is 7.44. The van der Waals surface area contributed by atoms with E-state index in [2.05, 4.69) is 44.3 Å². The summed E-state index contributed by atoms with van der Waals surface area (Å²) < 4.78 is 11.0. The zero-order chi connectivity index (χ0) is 15.2. The molecular weight excluding hydrogens is 262 g/mol. The van der Waals surface area contributed by atoms with Crippen LogP contribution in [0.3, 0.4) is 0 Å². The van der Waals surface area contributed by atoms with Gasteiger partial charge >= 0.3 is 0 Å². The minimum Gasteiger partial charge on any atom is -0.497 e. The summed E-state index contributed by atoms with van der Waals surface area (Å²) in [6.07, 6.45) is 3.44. The Morgan fingerprint density at radius 2 is 2.10 bits per heavy atom. The first kappa shape index (κ1) is 16.3. The number of hydrogen-bond donors (Lipinski definition) is 1. The standard InChI is InChI=1S/C18H29NO2/c1-5-21-12-18(13(2)3)19-16-8-6-14-7-9-17(20-4)11-15(14)10-16/h7,9,11,13,16,18-19H,5-6,8,10,12H2,1-4H3. The van der Waals surface area contributed by atoms with E-state index >= 15 is 0 Å². The van der Waals surface area contributed by atoms with Gasteiger partial charge in [-0.25, -0.2) is 0 Å². The van der Waals surface area contributed by atoms with Crippen molar-refractivity contribution >= 4 is 0 Å². The molecule has 2 unspecified atom stereocenters. The van der Waals surface area contributed by atoms with Crippen LogP contribution in [0.4, 0.5) is 0 Å². The van der Waals surface area contributed by atoms with Gasteiger partial charge in [-0.15, -0.1) is 0 Å². The molecule has 0 heterocycles. The van der Waals surface area contributed by atoms with Crippen LogP contribution in [0, 0.1) is 5.92 Å². The summed E-state index contributed by atoms with van der Waals surface area (Å²) in [6.45, 7) is 8.17. The van der Waals surface area contributed by atoms with Crippen molar-refractivity contribution in [2.45, 2.75) is 52.1 Å². The lowest BCUT2D eigenvalue weighted by molar-refractivity contribution is 0.102. The Kier molecular flexibility index (Phi) is 6.07. The van der Waals surface area contributed by atoms with Gasteiger partial charge in [0.15, 0.2) is 0 Å². The number of rotatable bonds is 7. The fourth-order valence-corrected chi connectivity index (χ4v) is 2.98. The van der Waals surface area contributed by atoms with Gasteiger partial charge in [0.25, 0.3) is 0 Å². The van der Waals surface area contributed by atoms with Gasteiger partial charge in [-0.3, -0.25) is 0 Å². The number of fused-ring (bicyclic) bond motifs is 1. The molecule has 0 fully saturated rings. The number of methoxy groups -OCH3 is 1. The van der Waals surface area contributed by atoms with Crippen LogP contribution in [-0.2, 0) is 17.6 Å². The average Bonchev–Trinajstić information content (AvgIpc) is 2.50. The van der Waals surface area contributed by atoms with Gasteiger partial charge < -0.3 is 14.8 Å². The Balaban J connectivity index is 1.99. The molecule has 3 nitrogen and oxygen atoms in total. The summed E-state index contributed by atoms with van der Waals surface area (Å²) in [5.74, 6) is 1.55. The molecule has 21 heavy (non-hydrogen) atoms. The van der Waals surface area contributed by atoms with E-state index in [0.29, 0.717) is 18.0 Å². The molecule has 0 aliphatic heterocycles. The predicted molar refractivity (Wildman–Crippen MR) is 87.1 cm³/mol. The summed E-state index contributed by atoms with van der Waals surface area (Å²) in [4.78, 5) is 0. The van der Waals surface area contributed by atoms with Crippen LogP contribution in [0.1, 0.15) is 38.3 Å². The largest absolute Gasteiger partial charge is 0.497 e. The van der Waals surface area contributed by atoms with Crippen LogP contribution in [0.15, 0.2) is 18.2 Å². The Morgan fingerprint density at radius 1 is 1.29 bits per heavy atom. The summed E-state index contributed by atoms with van der Waals surface area (Å²) in [5.41, 5.74) is 2.90. The fourth-order valence-electron chi connectivity index (χ4n) is 2.98. The molecule has 2 rings (SSSR count). The Bertz CT molecular complexity index is 445. The van der Waals surface area contributed by atoms with Crippen LogP contribution in [0.5, 0.6) is 5.75 Å². The Labute approximate surface area is 129 Å². The highest BCUT2D eigenvalue weighted by molar-refractivity contribution is 5.37. The van der Waals surface area contributed by atoms with Crippen molar-refractivity contribution in [1.29, 1.82) is 0 Å². The number of hydrogen-bond acceptors (Lipinski definition) is 3. The lowest BCUT2D eigenvalue weighted by Crippen LogP contribution is -2.46. The average molecular weight is 291 g/mol. The lowest BCUT2D eigenvalue weighted by atomic mass is 9.87. The maximum absolute atomic E-state index is 5.62. The number of benzene rings is 1. The second-order valence-corrected chi connectivity index (χ2v) is 6.25. The quantitative estimate of drug-likeness (QED) is 0.837. The van der Waals surface area contributed by atoms with E-state index in [9.17, 15) is 0 Å². The van der Waals surface area contributed by atoms with Gasteiger partial charge in [0.2, 0.25) is 0 Å². The molecule has 0 amide bonds. The molecule has 2 atom stereocenters. The van der Waals surface area contributed by atoms with Crippen LogP contribution in [-0.4, -0.2) is 32.4 Å². The second-order valence-electron chi connectivity index (χ2n) is 6.25. The van der Waals surface area contributed by atoms with Crippen LogP contribution in [0.2, 0.25) is 0 Å².